The highest BCUT2D eigenvalue weighted by Gasteiger charge is 2.13. The van der Waals surface area contributed by atoms with Crippen molar-refractivity contribution in [3.63, 3.8) is 0 Å². The Morgan fingerprint density at radius 2 is 1.76 bits per heavy atom. The summed E-state index contributed by atoms with van der Waals surface area (Å²) in [6.07, 6.45) is 6.40. The molecule has 1 aliphatic carbocycles. The van der Waals surface area contributed by atoms with Crippen LogP contribution in [0, 0.1) is 0 Å². The minimum atomic E-state index is 0.518. The van der Waals surface area contributed by atoms with Crippen LogP contribution in [0.15, 0.2) is 29.3 Å². The van der Waals surface area contributed by atoms with Crippen LogP contribution < -0.4 is 11.1 Å². The second-order valence-corrected chi connectivity index (χ2v) is 6.24. The van der Waals surface area contributed by atoms with Crippen molar-refractivity contribution < 1.29 is 0 Å². The van der Waals surface area contributed by atoms with Gasteiger partial charge in [-0.05, 0) is 38.1 Å². The van der Waals surface area contributed by atoms with E-state index in [9.17, 15) is 0 Å². The van der Waals surface area contributed by atoms with E-state index >= 15 is 0 Å². The zero-order valence-electron chi connectivity index (χ0n) is 13.3. The molecule has 116 valence electrons. The number of benzene rings is 1. The summed E-state index contributed by atoms with van der Waals surface area (Å²) in [7, 11) is 4.16. The topological polar surface area (TPSA) is 53.6 Å². The van der Waals surface area contributed by atoms with E-state index in [-0.39, 0.29) is 0 Å². The Morgan fingerprint density at radius 1 is 1.14 bits per heavy atom. The number of nitrogens with zero attached hydrogens (tertiary/aromatic N) is 2. The van der Waals surface area contributed by atoms with Gasteiger partial charge in [0.1, 0.15) is 0 Å². The average Bonchev–Trinajstić information content (AvgIpc) is 2.47. The van der Waals surface area contributed by atoms with Gasteiger partial charge in [-0.3, -0.25) is 0 Å². The molecule has 0 bridgehead atoms. The minimum absolute atomic E-state index is 0.518. The number of hydrogen-bond donors (Lipinski definition) is 2. The van der Waals surface area contributed by atoms with Crippen molar-refractivity contribution in [3.05, 3.63) is 35.4 Å². The lowest BCUT2D eigenvalue weighted by Gasteiger charge is -2.23. The number of aliphatic imine (C=N–C) groups is 1. The van der Waals surface area contributed by atoms with Crippen molar-refractivity contribution in [1.82, 2.24) is 10.2 Å². The Bertz CT molecular complexity index is 444. The summed E-state index contributed by atoms with van der Waals surface area (Å²) in [5, 5.41) is 3.35. The molecule has 0 amide bonds. The third kappa shape index (κ3) is 5.76. The molecule has 2 rings (SSSR count). The van der Waals surface area contributed by atoms with Crippen molar-refractivity contribution in [2.75, 3.05) is 14.1 Å². The van der Waals surface area contributed by atoms with Gasteiger partial charge in [0, 0.05) is 12.6 Å². The van der Waals surface area contributed by atoms with Gasteiger partial charge in [-0.15, -0.1) is 0 Å². The van der Waals surface area contributed by atoms with Gasteiger partial charge in [0.05, 0.1) is 6.54 Å². The largest absolute Gasteiger partial charge is 0.370 e. The first-order chi connectivity index (χ1) is 10.1. The van der Waals surface area contributed by atoms with Gasteiger partial charge in [-0.2, -0.15) is 0 Å². The predicted molar refractivity (Wildman–Crippen MR) is 89.2 cm³/mol. The Morgan fingerprint density at radius 3 is 2.38 bits per heavy atom. The quantitative estimate of drug-likeness (QED) is 0.646. The van der Waals surface area contributed by atoms with Gasteiger partial charge in [0.15, 0.2) is 5.96 Å². The monoisotopic (exact) mass is 288 g/mol. The zero-order chi connectivity index (χ0) is 15.1. The SMILES string of the molecule is CN(C)Cc1ccc(CN=C(N)NC2CCCCC2)cc1. The normalized spacial score (nSPS) is 17.2. The van der Waals surface area contributed by atoms with Crippen molar-refractivity contribution in [2.24, 2.45) is 10.7 Å². The van der Waals surface area contributed by atoms with Crippen LogP contribution in [0.25, 0.3) is 0 Å². The van der Waals surface area contributed by atoms with Gasteiger partial charge >= 0.3 is 0 Å². The lowest BCUT2D eigenvalue weighted by molar-refractivity contribution is 0.402. The number of nitrogens with one attached hydrogen (secondary N) is 1. The maximum absolute atomic E-state index is 5.98. The van der Waals surface area contributed by atoms with Crippen molar-refractivity contribution in [2.45, 2.75) is 51.2 Å². The first-order valence-corrected chi connectivity index (χ1v) is 7.92. The van der Waals surface area contributed by atoms with E-state index in [4.69, 9.17) is 5.73 Å². The molecule has 0 aromatic heterocycles. The minimum Gasteiger partial charge on any atom is -0.370 e. The fourth-order valence-electron chi connectivity index (χ4n) is 2.79. The van der Waals surface area contributed by atoms with E-state index in [1.165, 1.54) is 43.2 Å². The van der Waals surface area contributed by atoms with E-state index in [0.717, 1.165) is 6.54 Å². The third-order valence-corrected chi connectivity index (χ3v) is 3.91. The first-order valence-electron chi connectivity index (χ1n) is 7.92. The summed E-state index contributed by atoms with van der Waals surface area (Å²) in [4.78, 5) is 6.62. The summed E-state index contributed by atoms with van der Waals surface area (Å²) in [5.41, 5.74) is 8.50. The summed E-state index contributed by atoms with van der Waals surface area (Å²) in [6, 6.07) is 9.11. The molecule has 4 heteroatoms. The van der Waals surface area contributed by atoms with Crippen LogP contribution in [0.1, 0.15) is 43.2 Å². The molecule has 0 heterocycles. The summed E-state index contributed by atoms with van der Waals surface area (Å²) in [6.45, 7) is 1.61. The molecular formula is C17H28N4. The Hall–Kier alpha value is -1.55. The second-order valence-electron chi connectivity index (χ2n) is 6.24. The molecule has 0 aliphatic heterocycles. The highest BCUT2D eigenvalue weighted by molar-refractivity contribution is 5.78. The lowest BCUT2D eigenvalue weighted by atomic mass is 9.96. The maximum Gasteiger partial charge on any atom is 0.189 e. The maximum atomic E-state index is 5.98. The first kappa shape index (κ1) is 15.8. The number of nitrogens with two attached hydrogens (primary N) is 1. The smallest absolute Gasteiger partial charge is 0.189 e. The standard InChI is InChI=1S/C17H28N4/c1-21(2)13-15-10-8-14(9-11-15)12-19-17(18)20-16-6-4-3-5-7-16/h8-11,16H,3-7,12-13H2,1-2H3,(H3,18,19,20). The van der Waals surface area contributed by atoms with E-state index in [2.05, 4.69) is 53.6 Å². The van der Waals surface area contributed by atoms with Crippen LogP contribution in [0.2, 0.25) is 0 Å². The van der Waals surface area contributed by atoms with Gasteiger partial charge in [0.2, 0.25) is 0 Å². The van der Waals surface area contributed by atoms with Gasteiger partial charge < -0.3 is 16.0 Å². The number of guanidine groups is 1. The van der Waals surface area contributed by atoms with Gasteiger partial charge in [-0.1, -0.05) is 43.5 Å². The lowest BCUT2D eigenvalue weighted by Crippen LogP contribution is -2.41. The van der Waals surface area contributed by atoms with E-state index in [1.54, 1.807) is 0 Å². The molecule has 21 heavy (non-hydrogen) atoms. The van der Waals surface area contributed by atoms with Crippen LogP contribution in [-0.4, -0.2) is 31.0 Å². The molecule has 0 spiro atoms. The van der Waals surface area contributed by atoms with Gasteiger partial charge in [-0.25, -0.2) is 4.99 Å². The zero-order valence-corrected chi connectivity index (χ0v) is 13.3. The summed E-state index contributed by atoms with van der Waals surface area (Å²) < 4.78 is 0. The molecule has 0 radical (unpaired) electrons. The summed E-state index contributed by atoms with van der Waals surface area (Å²) in [5.74, 6) is 0.583. The Balaban J connectivity index is 1.81. The Kier molecular flexibility index (Phi) is 6.05. The van der Waals surface area contributed by atoms with Crippen LogP contribution in [0.3, 0.4) is 0 Å². The molecule has 0 atom stereocenters. The highest BCUT2D eigenvalue weighted by atomic mass is 15.1. The Labute approximate surface area is 128 Å². The van der Waals surface area contributed by atoms with Crippen LogP contribution >= 0.6 is 0 Å². The number of hydrogen-bond acceptors (Lipinski definition) is 2. The molecule has 1 saturated carbocycles. The van der Waals surface area contributed by atoms with Gasteiger partial charge in [0.25, 0.3) is 0 Å². The fourth-order valence-corrected chi connectivity index (χ4v) is 2.79. The predicted octanol–water partition coefficient (Wildman–Crippen LogP) is 2.49. The van der Waals surface area contributed by atoms with E-state index < -0.39 is 0 Å². The molecule has 3 N–H and O–H groups in total. The van der Waals surface area contributed by atoms with Crippen LogP contribution in [-0.2, 0) is 13.1 Å². The molecule has 0 unspecified atom stereocenters. The van der Waals surface area contributed by atoms with Crippen LogP contribution in [0.4, 0.5) is 0 Å². The molecule has 1 aromatic carbocycles. The molecule has 1 fully saturated rings. The molecule has 1 aliphatic rings. The average molecular weight is 288 g/mol. The van der Waals surface area contributed by atoms with Crippen molar-refractivity contribution in [1.29, 1.82) is 0 Å². The highest BCUT2D eigenvalue weighted by Crippen LogP contribution is 2.17. The third-order valence-electron chi connectivity index (χ3n) is 3.91. The van der Waals surface area contributed by atoms with E-state index in [0.29, 0.717) is 18.5 Å². The number of rotatable bonds is 5. The van der Waals surface area contributed by atoms with Crippen molar-refractivity contribution in [3.8, 4) is 0 Å². The molecular weight excluding hydrogens is 260 g/mol. The van der Waals surface area contributed by atoms with Crippen LogP contribution in [0.5, 0.6) is 0 Å². The summed E-state index contributed by atoms with van der Waals surface area (Å²) >= 11 is 0. The molecule has 1 aromatic rings. The molecule has 0 saturated heterocycles. The fraction of sp³-hybridized carbons (Fsp3) is 0.588. The van der Waals surface area contributed by atoms with Crippen molar-refractivity contribution >= 4 is 5.96 Å². The second kappa shape index (κ2) is 8.03. The van der Waals surface area contributed by atoms with E-state index in [1.807, 2.05) is 0 Å². The molecule has 4 nitrogen and oxygen atoms in total.